The molecule has 0 aromatic carbocycles. The molecule has 4 N–H and O–H groups in total. The largest absolute Gasteiger partial charge is 0.480 e. The third-order valence-corrected chi connectivity index (χ3v) is 2.31. The van der Waals surface area contributed by atoms with Crippen molar-refractivity contribution >= 4 is 12.3 Å². The maximum absolute atomic E-state index is 10.7. The highest BCUT2D eigenvalue weighted by atomic mass is 16.4. The summed E-state index contributed by atoms with van der Waals surface area (Å²) in [5.41, 5.74) is 8.02. The van der Waals surface area contributed by atoms with E-state index in [0.717, 1.165) is 19.1 Å². The SMILES string of the molecule is NC[C@@H](NN1CCC[C@H]1C=O)C(=O)O. The van der Waals surface area contributed by atoms with Gasteiger partial charge in [0.1, 0.15) is 12.3 Å². The van der Waals surface area contributed by atoms with Crippen LogP contribution in [-0.4, -0.2) is 47.5 Å². The number of hydrazine groups is 1. The Labute approximate surface area is 82.0 Å². The van der Waals surface area contributed by atoms with Crippen molar-refractivity contribution in [2.24, 2.45) is 5.73 Å². The van der Waals surface area contributed by atoms with Gasteiger partial charge >= 0.3 is 5.97 Å². The fraction of sp³-hybridized carbons (Fsp3) is 0.750. The molecule has 1 fully saturated rings. The lowest BCUT2D eigenvalue weighted by Crippen LogP contribution is -2.53. The van der Waals surface area contributed by atoms with Crippen LogP contribution >= 0.6 is 0 Å². The number of nitrogens with one attached hydrogen (secondary N) is 1. The number of nitrogens with zero attached hydrogens (tertiary/aromatic N) is 1. The molecule has 1 aliphatic heterocycles. The number of nitrogens with two attached hydrogens (primary N) is 1. The quantitative estimate of drug-likeness (QED) is 0.472. The normalized spacial score (nSPS) is 24.8. The van der Waals surface area contributed by atoms with Crippen LogP contribution in [0.4, 0.5) is 0 Å². The molecule has 0 aromatic rings. The Balaban J connectivity index is 2.49. The van der Waals surface area contributed by atoms with E-state index in [2.05, 4.69) is 5.43 Å². The van der Waals surface area contributed by atoms with Gasteiger partial charge in [-0.1, -0.05) is 0 Å². The van der Waals surface area contributed by atoms with Crippen molar-refractivity contribution in [3.63, 3.8) is 0 Å². The molecule has 1 rings (SSSR count). The molecule has 0 radical (unpaired) electrons. The number of carbonyl (C=O) groups is 2. The number of aldehydes is 1. The molecule has 80 valence electrons. The van der Waals surface area contributed by atoms with E-state index in [1.165, 1.54) is 0 Å². The Hall–Kier alpha value is -0.980. The van der Waals surface area contributed by atoms with Crippen molar-refractivity contribution in [2.45, 2.75) is 24.9 Å². The summed E-state index contributed by atoms with van der Waals surface area (Å²) in [5.74, 6) is -0.996. The van der Waals surface area contributed by atoms with Crippen LogP contribution in [-0.2, 0) is 9.59 Å². The van der Waals surface area contributed by atoms with Gasteiger partial charge in [0.05, 0.1) is 6.04 Å². The lowest BCUT2D eigenvalue weighted by atomic mass is 10.2. The zero-order valence-electron chi connectivity index (χ0n) is 7.85. The van der Waals surface area contributed by atoms with E-state index in [1.807, 2.05) is 0 Å². The van der Waals surface area contributed by atoms with E-state index in [4.69, 9.17) is 10.8 Å². The fourth-order valence-corrected chi connectivity index (χ4v) is 1.50. The molecular weight excluding hydrogens is 186 g/mol. The monoisotopic (exact) mass is 201 g/mol. The molecule has 1 saturated heterocycles. The summed E-state index contributed by atoms with van der Waals surface area (Å²) in [4.78, 5) is 21.3. The van der Waals surface area contributed by atoms with E-state index >= 15 is 0 Å². The average molecular weight is 201 g/mol. The van der Waals surface area contributed by atoms with Crippen molar-refractivity contribution in [1.82, 2.24) is 10.4 Å². The number of aliphatic carboxylic acids is 1. The highest BCUT2D eigenvalue weighted by molar-refractivity contribution is 5.73. The number of rotatable bonds is 5. The second-order valence-corrected chi connectivity index (χ2v) is 3.29. The summed E-state index contributed by atoms with van der Waals surface area (Å²) in [6, 6.07) is -1.03. The molecule has 0 saturated carbocycles. The third-order valence-electron chi connectivity index (χ3n) is 2.31. The topological polar surface area (TPSA) is 95.7 Å². The molecule has 0 spiro atoms. The first-order valence-corrected chi connectivity index (χ1v) is 4.60. The van der Waals surface area contributed by atoms with Crippen LogP contribution in [0, 0.1) is 0 Å². The minimum absolute atomic E-state index is 0.0113. The van der Waals surface area contributed by atoms with Crippen molar-refractivity contribution in [2.75, 3.05) is 13.1 Å². The molecule has 0 aliphatic carbocycles. The fourth-order valence-electron chi connectivity index (χ4n) is 1.50. The predicted octanol–water partition coefficient (Wildman–Crippen LogP) is -1.43. The summed E-state index contributed by atoms with van der Waals surface area (Å²) >= 11 is 0. The van der Waals surface area contributed by atoms with Gasteiger partial charge in [0.15, 0.2) is 0 Å². The zero-order chi connectivity index (χ0) is 10.6. The van der Waals surface area contributed by atoms with Gasteiger partial charge < -0.3 is 15.6 Å². The number of carbonyl (C=O) groups excluding carboxylic acids is 1. The summed E-state index contributed by atoms with van der Waals surface area (Å²) in [6.07, 6.45) is 2.50. The predicted molar refractivity (Wildman–Crippen MR) is 49.4 cm³/mol. The second-order valence-electron chi connectivity index (χ2n) is 3.29. The van der Waals surface area contributed by atoms with Crippen LogP contribution in [0.1, 0.15) is 12.8 Å². The van der Waals surface area contributed by atoms with Crippen molar-refractivity contribution in [3.05, 3.63) is 0 Å². The molecule has 0 aromatic heterocycles. The minimum Gasteiger partial charge on any atom is -0.480 e. The van der Waals surface area contributed by atoms with Gasteiger partial charge in [-0.15, -0.1) is 0 Å². The van der Waals surface area contributed by atoms with Gasteiger partial charge in [-0.3, -0.25) is 4.79 Å². The molecule has 1 heterocycles. The summed E-state index contributed by atoms with van der Waals surface area (Å²) in [7, 11) is 0. The molecular formula is C8H15N3O3. The summed E-state index contributed by atoms with van der Waals surface area (Å²) in [5, 5.41) is 10.4. The molecule has 6 heteroatoms. The van der Waals surface area contributed by atoms with Gasteiger partial charge in [-0.25, -0.2) is 10.4 Å². The molecule has 6 nitrogen and oxygen atoms in total. The van der Waals surface area contributed by atoms with E-state index in [1.54, 1.807) is 5.01 Å². The van der Waals surface area contributed by atoms with E-state index in [-0.39, 0.29) is 12.6 Å². The first kappa shape index (κ1) is 11.1. The first-order valence-electron chi connectivity index (χ1n) is 4.60. The maximum Gasteiger partial charge on any atom is 0.323 e. The number of carboxylic acid groups (broad SMARTS) is 1. The van der Waals surface area contributed by atoms with Crippen molar-refractivity contribution in [1.29, 1.82) is 0 Å². The van der Waals surface area contributed by atoms with Crippen molar-refractivity contribution < 1.29 is 14.7 Å². The summed E-state index contributed by atoms with van der Waals surface area (Å²) in [6.45, 7) is 0.699. The minimum atomic E-state index is -0.996. The Morgan fingerprint density at radius 1 is 1.79 bits per heavy atom. The average Bonchev–Trinajstić information content (AvgIpc) is 2.60. The number of hydrogen-bond donors (Lipinski definition) is 3. The Morgan fingerprint density at radius 2 is 2.50 bits per heavy atom. The molecule has 0 amide bonds. The van der Waals surface area contributed by atoms with E-state index < -0.39 is 12.0 Å². The maximum atomic E-state index is 10.7. The molecule has 0 unspecified atom stereocenters. The van der Waals surface area contributed by atoms with Crippen LogP contribution in [0.5, 0.6) is 0 Å². The molecule has 1 aliphatic rings. The second kappa shape index (κ2) is 5.04. The standard InChI is InChI=1S/C8H15N3O3/c9-4-7(8(13)14)10-11-3-1-2-6(11)5-12/h5-7,10H,1-4,9H2,(H,13,14)/t6-,7+/m0/s1. The van der Waals surface area contributed by atoms with E-state index in [9.17, 15) is 9.59 Å². The summed E-state index contributed by atoms with van der Waals surface area (Å²) < 4.78 is 0. The molecule has 0 bridgehead atoms. The van der Waals surface area contributed by atoms with Crippen LogP contribution in [0.25, 0.3) is 0 Å². The highest BCUT2D eigenvalue weighted by Crippen LogP contribution is 2.12. The Kier molecular flexibility index (Phi) is 3.99. The zero-order valence-corrected chi connectivity index (χ0v) is 7.85. The van der Waals surface area contributed by atoms with Gasteiger partial charge in [0, 0.05) is 13.1 Å². The number of hydrogen-bond acceptors (Lipinski definition) is 5. The lowest BCUT2D eigenvalue weighted by molar-refractivity contribution is -0.141. The number of carboxylic acids is 1. The van der Waals surface area contributed by atoms with Crippen LogP contribution in [0.3, 0.4) is 0 Å². The van der Waals surface area contributed by atoms with Gasteiger partial charge in [-0.2, -0.15) is 0 Å². The molecule has 14 heavy (non-hydrogen) atoms. The highest BCUT2D eigenvalue weighted by Gasteiger charge is 2.27. The van der Waals surface area contributed by atoms with Crippen molar-refractivity contribution in [3.8, 4) is 0 Å². The van der Waals surface area contributed by atoms with Crippen LogP contribution in [0.15, 0.2) is 0 Å². The Morgan fingerprint density at radius 3 is 3.00 bits per heavy atom. The van der Waals surface area contributed by atoms with Gasteiger partial charge in [0.25, 0.3) is 0 Å². The Bertz CT molecular complexity index is 222. The van der Waals surface area contributed by atoms with Gasteiger partial charge in [-0.05, 0) is 12.8 Å². The smallest absolute Gasteiger partial charge is 0.323 e. The molecule has 2 atom stereocenters. The van der Waals surface area contributed by atoms with E-state index in [0.29, 0.717) is 6.54 Å². The first-order chi connectivity index (χ1) is 6.69. The lowest BCUT2D eigenvalue weighted by Gasteiger charge is -2.24. The van der Waals surface area contributed by atoms with Crippen LogP contribution in [0.2, 0.25) is 0 Å². The van der Waals surface area contributed by atoms with Crippen LogP contribution < -0.4 is 11.2 Å². The van der Waals surface area contributed by atoms with Gasteiger partial charge in [0.2, 0.25) is 0 Å². The third kappa shape index (κ3) is 2.50.